The van der Waals surface area contributed by atoms with Crippen LogP contribution in [0.4, 0.5) is 5.69 Å². The lowest BCUT2D eigenvalue weighted by Gasteiger charge is -2.34. The van der Waals surface area contributed by atoms with Gasteiger partial charge < -0.3 is 15.0 Å². The molecular weight excluding hydrogens is 609 g/mol. The molecule has 1 aliphatic rings. The molecule has 1 saturated carbocycles. The molecule has 0 bridgehead atoms. The second-order valence-corrected chi connectivity index (χ2v) is 13.4. The third-order valence-electron chi connectivity index (χ3n) is 7.65. The van der Waals surface area contributed by atoms with Crippen LogP contribution in [0.2, 0.25) is 10.0 Å². The predicted molar refractivity (Wildman–Crippen MR) is 170 cm³/mol. The number of rotatable bonds is 12. The van der Waals surface area contributed by atoms with E-state index in [2.05, 4.69) is 5.32 Å². The Bertz CT molecular complexity index is 1540. The molecule has 0 heterocycles. The fourth-order valence-electron chi connectivity index (χ4n) is 5.25. The Morgan fingerprint density at radius 1 is 1.00 bits per heavy atom. The van der Waals surface area contributed by atoms with E-state index in [0.717, 1.165) is 35.6 Å². The number of methoxy groups -OCH3 is 1. The van der Waals surface area contributed by atoms with Gasteiger partial charge in [-0.3, -0.25) is 13.9 Å². The van der Waals surface area contributed by atoms with Crippen LogP contribution in [0.1, 0.15) is 50.2 Å². The summed E-state index contributed by atoms with van der Waals surface area (Å²) in [5.74, 6) is -0.376. The van der Waals surface area contributed by atoms with E-state index >= 15 is 0 Å². The molecule has 0 aliphatic heterocycles. The standard InChI is InChI=1S/C32H37Cl2N3O5S/c1-4-30(32(39)35-24-8-5-6-9-24)36(20-23-14-17-28(33)29(34)18-23)31(38)21-37(25-10-7-11-26(19-25)42-3)43(40,41)27-15-12-22(2)13-16-27/h7,10-19,24,30H,4-6,8-9,20-21H2,1-3H3,(H,35,39)/t30-/m0/s1. The van der Waals surface area contributed by atoms with Crippen LogP contribution in [-0.4, -0.2) is 50.9 Å². The van der Waals surface area contributed by atoms with Crippen molar-refractivity contribution in [2.24, 2.45) is 0 Å². The number of halogens is 2. The van der Waals surface area contributed by atoms with Crippen molar-refractivity contribution in [1.82, 2.24) is 10.2 Å². The predicted octanol–water partition coefficient (Wildman–Crippen LogP) is 6.37. The first-order chi connectivity index (χ1) is 20.5. The molecule has 1 fully saturated rings. The lowest BCUT2D eigenvalue weighted by molar-refractivity contribution is -0.140. The zero-order chi connectivity index (χ0) is 31.1. The van der Waals surface area contributed by atoms with Gasteiger partial charge in [0.05, 0.1) is 27.7 Å². The van der Waals surface area contributed by atoms with Crippen LogP contribution in [0, 0.1) is 6.92 Å². The van der Waals surface area contributed by atoms with Gasteiger partial charge in [0.2, 0.25) is 11.8 Å². The van der Waals surface area contributed by atoms with E-state index in [4.69, 9.17) is 27.9 Å². The van der Waals surface area contributed by atoms with Gasteiger partial charge in [-0.2, -0.15) is 0 Å². The maximum absolute atomic E-state index is 14.3. The number of ether oxygens (including phenoxy) is 1. The van der Waals surface area contributed by atoms with Gasteiger partial charge in [-0.25, -0.2) is 8.42 Å². The van der Waals surface area contributed by atoms with Crippen LogP contribution in [0.5, 0.6) is 5.75 Å². The minimum atomic E-state index is -4.19. The molecule has 43 heavy (non-hydrogen) atoms. The van der Waals surface area contributed by atoms with Gasteiger partial charge in [0.15, 0.2) is 0 Å². The van der Waals surface area contributed by atoms with Gasteiger partial charge in [0.1, 0.15) is 18.3 Å². The van der Waals surface area contributed by atoms with Crippen molar-refractivity contribution in [2.45, 2.75) is 69.5 Å². The number of aryl methyl sites for hydroxylation is 1. The molecular formula is C32H37Cl2N3O5S. The number of sulfonamides is 1. The van der Waals surface area contributed by atoms with Gasteiger partial charge >= 0.3 is 0 Å². The Morgan fingerprint density at radius 3 is 2.33 bits per heavy atom. The van der Waals surface area contributed by atoms with E-state index in [-0.39, 0.29) is 29.1 Å². The maximum Gasteiger partial charge on any atom is 0.264 e. The number of hydrogen-bond donors (Lipinski definition) is 1. The van der Waals surface area contributed by atoms with Crippen molar-refractivity contribution in [1.29, 1.82) is 0 Å². The van der Waals surface area contributed by atoms with Gasteiger partial charge in [0.25, 0.3) is 10.0 Å². The Hall–Kier alpha value is -3.27. The molecule has 3 aromatic rings. The second kappa shape index (κ2) is 14.5. The van der Waals surface area contributed by atoms with Crippen molar-refractivity contribution in [3.05, 3.63) is 87.9 Å². The first-order valence-corrected chi connectivity index (χ1v) is 16.5. The van der Waals surface area contributed by atoms with E-state index in [1.54, 1.807) is 54.6 Å². The van der Waals surface area contributed by atoms with Gasteiger partial charge in [-0.15, -0.1) is 0 Å². The number of amides is 2. The van der Waals surface area contributed by atoms with E-state index in [1.165, 1.54) is 24.1 Å². The molecule has 8 nitrogen and oxygen atoms in total. The molecule has 1 N–H and O–H groups in total. The molecule has 1 atom stereocenters. The molecule has 0 unspecified atom stereocenters. The van der Waals surface area contributed by atoms with Gasteiger partial charge in [0, 0.05) is 18.7 Å². The summed E-state index contributed by atoms with van der Waals surface area (Å²) >= 11 is 12.4. The highest BCUT2D eigenvalue weighted by atomic mass is 35.5. The van der Waals surface area contributed by atoms with E-state index in [9.17, 15) is 18.0 Å². The summed E-state index contributed by atoms with van der Waals surface area (Å²) in [6.45, 7) is 3.18. The number of carbonyl (C=O) groups excluding carboxylic acids is 2. The van der Waals surface area contributed by atoms with Crippen molar-refractivity contribution in [3.63, 3.8) is 0 Å². The number of nitrogens with zero attached hydrogens (tertiary/aromatic N) is 2. The van der Waals surface area contributed by atoms with Crippen LogP contribution in [-0.2, 0) is 26.2 Å². The summed E-state index contributed by atoms with van der Waals surface area (Å²) in [5.41, 5.74) is 1.81. The highest BCUT2D eigenvalue weighted by Crippen LogP contribution is 2.29. The van der Waals surface area contributed by atoms with E-state index in [1.807, 2.05) is 13.8 Å². The van der Waals surface area contributed by atoms with Crippen molar-refractivity contribution in [2.75, 3.05) is 18.0 Å². The lowest BCUT2D eigenvalue weighted by Crippen LogP contribution is -2.53. The Kier molecular flexibility index (Phi) is 11.0. The number of anilines is 1. The summed E-state index contributed by atoms with van der Waals surface area (Å²) in [5, 5.41) is 3.78. The monoisotopic (exact) mass is 645 g/mol. The molecule has 2 amide bonds. The number of nitrogens with one attached hydrogen (secondary N) is 1. The average Bonchev–Trinajstić information content (AvgIpc) is 3.50. The molecule has 3 aromatic carbocycles. The molecule has 230 valence electrons. The molecule has 0 spiro atoms. The highest BCUT2D eigenvalue weighted by molar-refractivity contribution is 7.92. The van der Waals surface area contributed by atoms with Crippen LogP contribution < -0.4 is 14.4 Å². The first kappa shape index (κ1) is 32.6. The average molecular weight is 647 g/mol. The van der Waals surface area contributed by atoms with E-state index in [0.29, 0.717) is 27.8 Å². The van der Waals surface area contributed by atoms with Crippen molar-refractivity contribution < 1.29 is 22.7 Å². The quantitative estimate of drug-likeness (QED) is 0.247. The van der Waals surface area contributed by atoms with Gasteiger partial charge in [-0.1, -0.05) is 72.8 Å². The smallest absolute Gasteiger partial charge is 0.264 e. The number of hydrogen-bond acceptors (Lipinski definition) is 5. The van der Waals surface area contributed by atoms with Crippen LogP contribution in [0.3, 0.4) is 0 Å². The Balaban J connectivity index is 1.74. The Labute approximate surface area is 264 Å². The fraction of sp³-hybridized carbons (Fsp3) is 0.375. The summed E-state index contributed by atoms with van der Waals surface area (Å²) in [6, 6.07) is 17.2. The summed E-state index contributed by atoms with van der Waals surface area (Å²) in [6.07, 6.45) is 4.19. The van der Waals surface area contributed by atoms with E-state index < -0.39 is 28.5 Å². The summed E-state index contributed by atoms with van der Waals surface area (Å²) < 4.78 is 34.5. The zero-order valence-electron chi connectivity index (χ0n) is 24.6. The minimum Gasteiger partial charge on any atom is -0.497 e. The molecule has 4 rings (SSSR count). The minimum absolute atomic E-state index is 0.0306. The number of carbonyl (C=O) groups is 2. The third-order valence-corrected chi connectivity index (χ3v) is 10.2. The van der Waals surface area contributed by atoms with Crippen LogP contribution in [0.25, 0.3) is 0 Å². The largest absolute Gasteiger partial charge is 0.497 e. The van der Waals surface area contributed by atoms with Crippen LogP contribution in [0.15, 0.2) is 71.6 Å². The zero-order valence-corrected chi connectivity index (χ0v) is 26.9. The molecule has 11 heteroatoms. The lowest BCUT2D eigenvalue weighted by atomic mass is 10.1. The first-order valence-electron chi connectivity index (χ1n) is 14.3. The number of benzene rings is 3. The van der Waals surface area contributed by atoms with Crippen LogP contribution >= 0.6 is 23.2 Å². The molecule has 0 radical (unpaired) electrons. The Morgan fingerprint density at radius 2 is 1.70 bits per heavy atom. The van der Waals surface area contributed by atoms with Gasteiger partial charge in [-0.05, 0) is 68.1 Å². The molecule has 0 aromatic heterocycles. The fourth-order valence-corrected chi connectivity index (χ4v) is 6.98. The topological polar surface area (TPSA) is 96.0 Å². The normalized spacial score (nSPS) is 14.3. The molecule has 0 saturated heterocycles. The summed E-state index contributed by atoms with van der Waals surface area (Å²) in [4.78, 5) is 29.3. The third kappa shape index (κ3) is 8.02. The molecule has 1 aliphatic carbocycles. The highest BCUT2D eigenvalue weighted by Gasteiger charge is 2.34. The SMILES string of the molecule is CC[C@@H](C(=O)NC1CCCC1)N(Cc1ccc(Cl)c(Cl)c1)C(=O)CN(c1cccc(OC)c1)S(=O)(=O)c1ccc(C)cc1. The second-order valence-electron chi connectivity index (χ2n) is 10.7. The van der Waals surface area contributed by atoms with Crippen molar-refractivity contribution >= 4 is 50.7 Å². The van der Waals surface area contributed by atoms with Crippen molar-refractivity contribution in [3.8, 4) is 5.75 Å². The maximum atomic E-state index is 14.3. The summed E-state index contributed by atoms with van der Waals surface area (Å²) in [7, 11) is -2.71.